The minimum atomic E-state index is -0.391. The van der Waals surface area contributed by atoms with Gasteiger partial charge in [-0.05, 0) is 17.2 Å². The van der Waals surface area contributed by atoms with Crippen LogP contribution in [0.1, 0.15) is 17.2 Å². The standard InChI is InChI=1S/C19H22FNO2/c20-11-10-15-6-4-5-9-17(15)23-19(16-7-2-1-3-8-16)18-14-21-12-13-22-18/h1-9,18-19,21H,10-14H2/t18-,19-/m0/s1/i20-1. The van der Waals surface area contributed by atoms with Crippen LogP contribution in [-0.4, -0.2) is 32.5 Å². The highest BCUT2D eigenvalue weighted by molar-refractivity contribution is 5.34. The van der Waals surface area contributed by atoms with Crippen molar-refractivity contribution in [3.8, 4) is 5.75 Å². The van der Waals surface area contributed by atoms with Crippen LogP contribution in [0.4, 0.5) is 4.39 Å². The Hall–Kier alpha value is -1.91. The highest BCUT2D eigenvalue weighted by Gasteiger charge is 2.28. The summed E-state index contributed by atoms with van der Waals surface area (Å²) in [6.45, 7) is 1.88. The number of hydrogen-bond acceptors (Lipinski definition) is 3. The van der Waals surface area contributed by atoms with Crippen molar-refractivity contribution in [1.29, 1.82) is 0 Å². The van der Waals surface area contributed by atoms with Crippen LogP contribution >= 0.6 is 0 Å². The molecule has 0 unspecified atom stereocenters. The van der Waals surface area contributed by atoms with E-state index in [0.29, 0.717) is 13.0 Å². The van der Waals surface area contributed by atoms with Crippen molar-refractivity contribution in [3.05, 3.63) is 65.7 Å². The summed E-state index contributed by atoms with van der Waals surface area (Å²) >= 11 is 0. The lowest BCUT2D eigenvalue weighted by Gasteiger charge is -2.32. The molecule has 0 bridgehead atoms. The molecule has 0 aromatic heterocycles. The summed E-state index contributed by atoms with van der Waals surface area (Å²) in [5.74, 6) is 0.730. The Morgan fingerprint density at radius 2 is 1.91 bits per heavy atom. The van der Waals surface area contributed by atoms with E-state index >= 15 is 0 Å². The third kappa shape index (κ3) is 4.09. The Kier molecular flexibility index (Phi) is 5.61. The normalized spacial score (nSPS) is 19.3. The Labute approximate surface area is 136 Å². The summed E-state index contributed by atoms with van der Waals surface area (Å²) in [4.78, 5) is 0. The topological polar surface area (TPSA) is 30.5 Å². The van der Waals surface area contributed by atoms with E-state index < -0.39 is 6.67 Å². The van der Waals surface area contributed by atoms with E-state index in [9.17, 15) is 4.39 Å². The van der Waals surface area contributed by atoms with Gasteiger partial charge in [0, 0.05) is 19.5 Å². The summed E-state index contributed by atoms with van der Waals surface area (Å²) in [6, 6.07) is 17.7. The van der Waals surface area contributed by atoms with Crippen molar-refractivity contribution in [2.24, 2.45) is 0 Å². The summed E-state index contributed by atoms with van der Waals surface area (Å²) in [5.41, 5.74) is 1.95. The number of hydrogen-bond donors (Lipinski definition) is 1. The minimum Gasteiger partial charge on any atom is -0.483 e. The number of aryl methyl sites for hydroxylation is 1. The summed E-state index contributed by atoms with van der Waals surface area (Å²) in [6.07, 6.45) is 0.0795. The van der Waals surface area contributed by atoms with Crippen molar-refractivity contribution in [2.45, 2.75) is 18.6 Å². The molecule has 0 spiro atoms. The molecule has 0 saturated carbocycles. The van der Waals surface area contributed by atoms with Gasteiger partial charge in [-0.25, -0.2) is 0 Å². The Morgan fingerprint density at radius 3 is 2.65 bits per heavy atom. The number of morpholine rings is 1. The first-order chi connectivity index (χ1) is 11.4. The molecule has 2 aromatic rings. The second-order valence-corrected chi connectivity index (χ2v) is 5.61. The number of ether oxygens (including phenoxy) is 2. The molecule has 23 heavy (non-hydrogen) atoms. The molecule has 0 amide bonds. The molecule has 2 aromatic carbocycles. The van der Waals surface area contributed by atoms with E-state index in [-0.39, 0.29) is 12.2 Å². The first-order valence-electron chi connectivity index (χ1n) is 8.06. The zero-order valence-corrected chi connectivity index (χ0v) is 13.1. The van der Waals surface area contributed by atoms with Gasteiger partial charge in [-0.2, -0.15) is 0 Å². The molecule has 0 aliphatic carbocycles. The first kappa shape index (κ1) is 16.0. The third-order valence-corrected chi connectivity index (χ3v) is 4.01. The van der Waals surface area contributed by atoms with Crippen LogP contribution in [0.25, 0.3) is 0 Å². The first-order valence-corrected chi connectivity index (χ1v) is 8.06. The van der Waals surface area contributed by atoms with Gasteiger partial charge >= 0.3 is 0 Å². The van der Waals surface area contributed by atoms with Gasteiger partial charge in [-0.15, -0.1) is 0 Å². The van der Waals surface area contributed by atoms with Gasteiger partial charge < -0.3 is 14.8 Å². The fraction of sp³-hybridized carbons (Fsp3) is 0.368. The second-order valence-electron chi connectivity index (χ2n) is 5.61. The molecule has 4 heteroatoms. The van der Waals surface area contributed by atoms with Crippen molar-refractivity contribution < 1.29 is 13.9 Å². The van der Waals surface area contributed by atoms with E-state index in [1.807, 2.05) is 54.6 Å². The van der Waals surface area contributed by atoms with Gasteiger partial charge in [-0.1, -0.05) is 48.5 Å². The van der Waals surface area contributed by atoms with E-state index in [1.165, 1.54) is 0 Å². The smallest absolute Gasteiger partial charge is 0.151 e. The zero-order chi connectivity index (χ0) is 15.9. The summed E-state index contributed by atoms with van der Waals surface area (Å²) < 4.78 is 25.0. The number of nitrogens with one attached hydrogen (secondary N) is 1. The largest absolute Gasteiger partial charge is 0.483 e. The zero-order valence-electron chi connectivity index (χ0n) is 13.1. The van der Waals surface area contributed by atoms with Crippen LogP contribution in [-0.2, 0) is 11.2 Å². The van der Waals surface area contributed by atoms with Crippen LogP contribution in [0.5, 0.6) is 5.75 Å². The predicted molar refractivity (Wildman–Crippen MR) is 88.5 cm³/mol. The van der Waals surface area contributed by atoms with E-state index in [1.54, 1.807) is 0 Å². The number of alkyl halides is 1. The lowest BCUT2D eigenvalue weighted by atomic mass is 10.0. The molecule has 1 N–H and O–H groups in total. The lowest BCUT2D eigenvalue weighted by molar-refractivity contribution is -0.0435. The second kappa shape index (κ2) is 8.09. The molecule has 1 fully saturated rings. The third-order valence-electron chi connectivity index (χ3n) is 4.01. The number of benzene rings is 2. The molecule has 2 atom stereocenters. The average Bonchev–Trinajstić information content (AvgIpc) is 2.63. The van der Waals surface area contributed by atoms with Crippen LogP contribution in [0.2, 0.25) is 0 Å². The van der Waals surface area contributed by atoms with Crippen molar-refractivity contribution in [2.75, 3.05) is 26.4 Å². The quantitative estimate of drug-likeness (QED) is 0.887. The highest BCUT2D eigenvalue weighted by atomic mass is 18.2. The van der Waals surface area contributed by atoms with Gasteiger partial charge in [0.05, 0.1) is 13.3 Å². The van der Waals surface area contributed by atoms with Crippen LogP contribution in [0.3, 0.4) is 0 Å². The predicted octanol–water partition coefficient (Wildman–Crippen LogP) is 3.31. The van der Waals surface area contributed by atoms with Crippen LogP contribution < -0.4 is 10.1 Å². The maximum atomic E-state index is 12.8. The molecule has 3 rings (SSSR count). The Bertz CT molecular complexity index is 599. The molecule has 1 aliphatic heterocycles. The maximum absolute atomic E-state index is 12.8. The average molecular weight is 314 g/mol. The number of rotatable bonds is 6. The minimum absolute atomic E-state index is 0.0652. The van der Waals surface area contributed by atoms with Crippen LogP contribution in [0.15, 0.2) is 54.6 Å². The van der Waals surface area contributed by atoms with Gasteiger partial charge in [-0.3, -0.25) is 4.39 Å². The summed E-state index contributed by atoms with van der Waals surface area (Å²) in [5, 5.41) is 3.35. The van der Waals surface area contributed by atoms with Gasteiger partial charge in [0.1, 0.15) is 11.9 Å². The monoisotopic (exact) mass is 314 g/mol. The summed E-state index contributed by atoms with van der Waals surface area (Å²) in [7, 11) is 0. The fourth-order valence-electron chi connectivity index (χ4n) is 2.85. The fourth-order valence-corrected chi connectivity index (χ4v) is 2.85. The van der Waals surface area contributed by atoms with E-state index in [4.69, 9.17) is 9.47 Å². The molecule has 3 nitrogen and oxygen atoms in total. The van der Waals surface area contributed by atoms with Crippen molar-refractivity contribution >= 4 is 0 Å². The Morgan fingerprint density at radius 1 is 1.13 bits per heavy atom. The van der Waals surface area contributed by atoms with E-state index in [2.05, 4.69) is 5.32 Å². The molecule has 0 radical (unpaired) electrons. The Balaban J connectivity index is 1.86. The van der Waals surface area contributed by atoms with Gasteiger partial charge in [0.25, 0.3) is 0 Å². The lowest BCUT2D eigenvalue weighted by Crippen LogP contribution is -2.43. The van der Waals surface area contributed by atoms with Gasteiger partial charge in [0.15, 0.2) is 6.10 Å². The molecular weight excluding hydrogens is 292 g/mol. The molecule has 1 saturated heterocycles. The van der Waals surface area contributed by atoms with Crippen molar-refractivity contribution in [3.63, 3.8) is 0 Å². The molecule has 1 aliphatic rings. The molecular formula is C19H22FNO2. The maximum Gasteiger partial charge on any atom is 0.151 e. The van der Waals surface area contributed by atoms with Crippen LogP contribution in [0, 0.1) is 0 Å². The molecule has 122 valence electrons. The van der Waals surface area contributed by atoms with E-state index in [0.717, 1.165) is 30.0 Å². The van der Waals surface area contributed by atoms with Crippen molar-refractivity contribution in [1.82, 2.24) is 5.32 Å². The molecule has 1 heterocycles. The number of para-hydroxylation sites is 1. The number of halogens is 1. The van der Waals surface area contributed by atoms with Gasteiger partial charge in [0.2, 0.25) is 0 Å². The SMILES string of the molecule is [18F]CCc1ccccc1O[C@@H](c1ccccc1)[C@@H]1CNCCO1. The highest BCUT2D eigenvalue weighted by Crippen LogP contribution is 2.29.